The summed E-state index contributed by atoms with van der Waals surface area (Å²) in [6, 6.07) is 23.0. The lowest BCUT2D eigenvalue weighted by atomic mass is 9.84. The molecule has 2 amide bonds. The molecule has 0 heterocycles. The molecule has 0 aliphatic heterocycles. The Hall–Kier alpha value is -4.25. The van der Waals surface area contributed by atoms with Crippen molar-refractivity contribution in [2.45, 2.75) is 12.3 Å². The summed E-state index contributed by atoms with van der Waals surface area (Å²) in [6.45, 7) is 0. The van der Waals surface area contributed by atoms with Gasteiger partial charge in [-0.2, -0.15) is 0 Å². The Balaban J connectivity index is 1.88. The molecular weight excluding hydrogens is 599 g/mol. The zero-order valence-electron chi connectivity index (χ0n) is 20.1. The second kappa shape index (κ2) is 13.9. The van der Waals surface area contributed by atoms with Gasteiger partial charge in [-0.3, -0.25) is 9.59 Å². The SMILES string of the molecule is O=C(O)/C=C/C(=O)Nc1ccc(C(c2ccc(CCI)cc2)c2ccc(NC(=O)/C=C/C(=O)O)cc2)cc1. The van der Waals surface area contributed by atoms with Crippen molar-refractivity contribution in [2.24, 2.45) is 0 Å². The number of carbonyl (C=O) groups is 4. The van der Waals surface area contributed by atoms with E-state index in [-0.39, 0.29) is 5.92 Å². The van der Waals surface area contributed by atoms with Gasteiger partial charge in [-0.05, 0) is 52.9 Å². The zero-order chi connectivity index (χ0) is 27.5. The summed E-state index contributed by atoms with van der Waals surface area (Å²) in [7, 11) is 0. The number of carbonyl (C=O) groups excluding carboxylic acids is 2. The quantitative estimate of drug-likeness (QED) is 0.103. The van der Waals surface area contributed by atoms with E-state index in [0.717, 1.165) is 51.8 Å². The van der Waals surface area contributed by atoms with Gasteiger partial charge in [0.2, 0.25) is 11.8 Å². The summed E-state index contributed by atoms with van der Waals surface area (Å²) in [4.78, 5) is 45.1. The lowest BCUT2D eigenvalue weighted by molar-refractivity contribution is -0.132. The van der Waals surface area contributed by atoms with Crippen LogP contribution >= 0.6 is 22.6 Å². The molecule has 9 heteroatoms. The lowest BCUT2D eigenvalue weighted by Gasteiger charge is -2.20. The summed E-state index contributed by atoms with van der Waals surface area (Å²) in [6.07, 6.45) is 4.43. The monoisotopic (exact) mass is 624 g/mol. The highest BCUT2D eigenvalue weighted by atomic mass is 127. The first-order valence-corrected chi connectivity index (χ1v) is 13.1. The third kappa shape index (κ3) is 8.70. The molecular formula is C29H25IN2O6. The van der Waals surface area contributed by atoms with Crippen LogP contribution in [0.25, 0.3) is 0 Å². The van der Waals surface area contributed by atoms with Crippen LogP contribution in [-0.4, -0.2) is 38.4 Å². The molecule has 0 unspecified atom stereocenters. The van der Waals surface area contributed by atoms with Gasteiger partial charge in [0, 0.05) is 46.0 Å². The average molecular weight is 624 g/mol. The van der Waals surface area contributed by atoms with Crippen molar-refractivity contribution in [2.75, 3.05) is 15.1 Å². The molecule has 38 heavy (non-hydrogen) atoms. The minimum atomic E-state index is -1.20. The number of anilines is 2. The molecule has 0 atom stereocenters. The molecule has 4 N–H and O–H groups in total. The Labute approximate surface area is 233 Å². The van der Waals surface area contributed by atoms with E-state index in [1.807, 2.05) is 24.3 Å². The standard InChI is InChI=1S/C29H25IN2O6/c30-18-17-19-1-3-20(4-2-19)29(21-5-9-23(10-6-21)31-25(33)13-15-27(35)36)22-7-11-24(12-8-22)32-26(34)14-16-28(37)38/h1-16,29H,17-18H2,(H,31,33)(H,32,34)(H,35,36)(H,37,38)/b15-13+,16-14+. The van der Waals surface area contributed by atoms with Gasteiger partial charge in [0.15, 0.2) is 0 Å². The van der Waals surface area contributed by atoms with Gasteiger partial charge in [0.1, 0.15) is 0 Å². The van der Waals surface area contributed by atoms with Crippen molar-refractivity contribution in [3.8, 4) is 0 Å². The van der Waals surface area contributed by atoms with Gasteiger partial charge in [-0.15, -0.1) is 0 Å². The number of aryl methyl sites for hydroxylation is 1. The molecule has 0 saturated carbocycles. The van der Waals surface area contributed by atoms with E-state index in [1.165, 1.54) is 5.56 Å². The Kier molecular flexibility index (Phi) is 10.4. The number of carboxylic acids is 2. The molecule has 0 saturated heterocycles. The van der Waals surface area contributed by atoms with Crippen LogP contribution in [0, 0.1) is 0 Å². The molecule has 0 aromatic heterocycles. The van der Waals surface area contributed by atoms with Crippen LogP contribution in [0.1, 0.15) is 28.2 Å². The predicted octanol–water partition coefficient (Wildman–Crippen LogP) is 5.00. The smallest absolute Gasteiger partial charge is 0.328 e. The van der Waals surface area contributed by atoms with Crippen molar-refractivity contribution in [1.82, 2.24) is 0 Å². The summed E-state index contributed by atoms with van der Waals surface area (Å²) >= 11 is 2.34. The Morgan fingerprint density at radius 1 is 0.632 bits per heavy atom. The number of hydrogen-bond acceptors (Lipinski definition) is 4. The Morgan fingerprint density at radius 2 is 1.00 bits per heavy atom. The van der Waals surface area contributed by atoms with Crippen LogP contribution < -0.4 is 10.6 Å². The first kappa shape index (κ1) is 28.3. The number of hydrogen-bond donors (Lipinski definition) is 4. The minimum absolute atomic E-state index is 0.142. The third-order valence-electron chi connectivity index (χ3n) is 5.47. The molecule has 3 aromatic carbocycles. The fraction of sp³-hybridized carbons (Fsp3) is 0.103. The highest BCUT2D eigenvalue weighted by Gasteiger charge is 2.17. The number of nitrogens with one attached hydrogen (secondary N) is 2. The van der Waals surface area contributed by atoms with Crippen LogP contribution in [0.5, 0.6) is 0 Å². The summed E-state index contributed by atoms with van der Waals surface area (Å²) in [5.74, 6) is -3.64. The van der Waals surface area contributed by atoms with Crippen LogP contribution in [0.4, 0.5) is 11.4 Å². The number of benzene rings is 3. The van der Waals surface area contributed by atoms with E-state index in [1.54, 1.807) is 24.3 Å². The molecule has 0 aliphatic carbocycles. The summed E-state index contributed by atoms with van der Waals surface area (Å²) < 4.78 is 1.02. The third-order valence-corrected chi connectivity index (χ3v) is 6.01. The van der Waals surface area contributed by atoms with Gasteiger partial charge in [-0.1, -0.05) is 71.1 Å². The van der Waals surface area contributed by atoms with E-state index in [0.29, 0.717) is 11.4 Å². The first-order valence-electron chi connectivity index (χ1n) is 11.5. The maximum absolute atomic E-state index is 11.9. The summed E-state index contributed by atoms with van der Waals surface area (Å²) in [5, 5.41) is 22.6. The molecule has 0 bridgehead atoms. The van der Waals surface area contributed by atoms with Crippen molar-refractivity contribution in [1.29, 1.82) is 0 Å². The van der Waals surface area contributed by atoms with Crippen LogP contribution in [0.3, 0.4) is 0 Å². The number of halogens is 1. The Bertz CT molecular complexity index is 1270. The van der Waals surface area contributed by atoms with Gasteiger partial charge in [0.25, 0.3) is 0 Å². The van der Waals surface area contributed by atoms with Crippen molar-refractivity contribution in [3.63, 3.8) is 0 Å². The maximum atomic E-state index is 11.9. The highest BCUT2D eigenvalue weighted by molar-refractivity contribution is 14.1. The second-order valence-electron chi connectivity index (χ2n) is 8.18. The van der Waals surface area contributed by atoms with Gasteiger partial charge < -0.3 is 20.8 Å². The van der Waals surface area contributed by atoms with Gasteiger partial charge >= 0.3 is 11.9 Å². The highest BCUT2D eigenvalue weighted by Crippen LogP contribution is 2.33. The maximum Gasteiger partial charge on any atom is 0.328 e. The minimum Gasteiger partial charge on any atom is -0.478 e. The predicted molar refractivity (Wildman–Crippen MR) is 154 cm³/mol. The molecule has 3 aromatic rings. The molecule has 0 aliphatic rings. The Morgan fingerprint density at radius 3 is 1.34 bits per heavy atom. The van der Waals surface area contributed by atoms with E-state index < -0.39 is 23.8 Å². The molecule has 0 fully saturated rings. The van der Waals surface area contributed by atoms with Crippen molar-refractivity contribution in [3.05, 3.63) is 119 Å². The number of alkyl halides is 1. The van der Waals surface area contributed by atoms with Crippen LogP contribution in [-0.2, 0) is 25.6 Å². The fourth-order valence-electron chi connectivity index (χ4n) is 3.74. The van der Waals surface area contributed by atoms with Crippen LogP contribution in [0.2, 0.25) is 0 Å². The van der Waals surface area contributed by atoms with E-state index in [4.69, 9.17) is 10.2 Å². The number of amides is 2. The topological polar surface area (TPSA) is 133 Å². The molecule has 3 rings (SSSR count). The largest absolute Gasteiger partial charge is 0.478 e. The van der Waals surface area contributed by atoms with Gasteiger partial charge in [-0.25, -0.2) is 9.59 Å². The van der Waals surface area contributed by atoms with Crippen molar-refractivity contribution >= 4 is 57.7 Å². The zero-order valence-corrected chi connectivity index (χ0v) is 22.3. The van der Waals surface area contributed by atoms with E-state index >= 15 is 0 Å². The van der Waals surface area contributed by atoms with E-state index in [9.17, 15) is 19.2 Å². The van der Waals surface area contributed by atoms with E-state index in [2.05, 4.69) is 57.5 Å². The fourth-order valence-corrected chi connectivity index (χ4v) is 4.37. The molecule has 8 nitrogen and oxygen atoms in total. The lowest BCUT2D eigenvalue weighted by Crippen LogP contribution is -2.10. The number of aliphatic carboxylic acids is 2. The number of carboxylic acid groups (broad SMARTS) is 2. The molecule has 194 valence electrons. The number of rotatable bonds is 11. The van der Waals surface area contributed by atoms with Gasteiger partial charge in [0.05, 0.1) is 0 Å². The second-order valence-corrected chi connectivity index (χ2v) is 9.26. The normalized spacial score (nSPS) is 11.1. The van der Waals surface area contributed by atoms with Crippen molar-refractivity contribution < 1.29 is 29.4 Å². The van der Waals surface area contributed by atoms with Crippen LogP contribution in [0.15, 0.2) is 97.1 Å². The molecule has 0 radical (unpaired) electrons. The molecule has 0 spiro atoms. The average Bonchev–Trinajstić information content (AvgIpc) is 2.89. The summed E-state index contributed by atoms with van der Waals surface area (Å²) in [5.41, 5.74) is 5.28. The first-order chi connectivity index (χ1) is 18.2.